The fourth-order valence-electron chi connectivity index (χ4n) is 2.37. The van der Waals surface area contributed by atoms with Crippen LogP contribution in [0.25, 0.3) is 0 Å². The van der Waals surface area contributed by atoms with Crippen molar-refractivity contribution in [1.82, 2.24) is 10.6 Å². The van der Waals surface area contributed by atoms with Crippen LogP contribution in [0.3, 0.4) is 0 Å². The lowest BCUT2D eigenvalue weighted by Crippen LogP contribution is -2.52. The van der Waals surface area contributed by atoms with E-state index in [1.807, 2.05) is 12.1 Å². The summed E-state index contributed by atoms with van der Waals surface area (Å²) in [7, 11) is 1.58. The zero-order valence-corrected chi connectivity index (χ0v) is 13.2. The SMILES string of the molecule is COc1ccccc1OCC(=O)NC1CCCNC1C.Cl. The van der Waals surface area contributed by atoms with E-state index in [2.05, 4.69) is 17.6 Å². The highest BCUT2D eigenvalue weighted by atomic mass is 35.5. The molecular formula is C15H23ClN2O3. The molecule has 2 unspecified atom stereocenters. The van der Waals surface area contributed by atoms with Crippen molar-refractivity contribution in [3.8, 4) is 11.5 Å². The van der Waals surface area contributed by atoms with Crippen molar-refractivity contribution in [3.63, 3.8) is 0 Å². The third kappa shape index (κ3) is 5.10. The Balaban J connectivity index is 0.00000220. The number of hydrogen-bond acceptors (Lipinski definition) is 4. The Morgan fingerprint density at radius 2 is 2.10 bits per heavy atom. The molecule has 1 aliphatic heterocycles. The Labute approximate surface area is 131 Å². The molecule has 118 valence electrons. The summed E-state index contributed by atoms with van der Waals surface area (Å²) in [6.45, 7) is 3.11. The van der Waals surface area contributed by atoms with E-state index in [9.17, 15) is 4.79 Å². The van der Waals surface area contributed by atoms with Crippen molar-refractivity contribution < 1.29 is 14.3 Å². The van der Waals surface area contributed by atoms with Gasteiger partial charge in [0.2, 0.25) is 0 Å². The first-order chi connectivity index (χ1) is 9.70. The molecule has 6 heteroatoms. The number of amides is 1. The van der Waals surface area contributed by atoms with Crippen LogP contribution in [0.15, 0.2) is 24.3 Å². The summed E-state index contributed by atoms with van der Waals surface area (Å²) in [5.41, 5.74) is 0. The molecule has 1 aromatic carbocycles. The maximum Gasteiger partial charge on any atom is 0.258 e. The van der Waals surface area contributed by atoms with Gasteiger partial charge in [-0.3, -0.25) is 4.79 Å². The predicted octanol–water partition coefficient (Wildman–Crippen LogP) is 1.75. The van der Waals surface area contributed by atoms with Gasteiger partial charge in [0.1, 0.15) is 0 Å². The fraction of sp³-hybridized carbons (Fsp3) is 0.533. The van der Waals surface area contributed by atoms with Gasteiger partial charge < -0.3 is 20.1 Å². The lowest BCUT2D eigenvalue weighted by molar-refractivity contribution is -0.124. The molecule has 2 atom stereocenters. The number of methoxy groups -OCH3 is 1. The van der Waals surface area contributed by atoms with Gasteiger partial charge in [-0.2, -0.15) is 0 Å². The Hall–Kier alpha value is -1.46. The van der Waals surface area contributed by atoms with Crippen molar-refractivity contribution in [2.45, 2.75) is 31.8 Å². The molecule has 1 heterocycles. The maximum atomic E-state index is 11.9. The van der Waals surface area contributed by atoms with Crippen molar-refractivity contribution in [2.75, 3.05) is 20.3 Å². The molecule has 5 nitrogen and oxygen atoms in total. The van der Waals surface area contributed by atoms with Gasteiger partial charge in [0, 0.05) is 12.1 Å². The summed E-state index contributed by atoms with van der Waals surface area (Å²) in [4.78, 5) is 11.9. The standard InChI is InChI=1S/C15H22N2O3.ClH/c1-11-12(6-5-9-16-11)17-15(18)10-20-14-8-4-3-7-13(14)19-2;/h3-4,7-8,11-12,16H,5-6,9-10H2,1-2H3,(H,17,18);1H. The van der Waals surface area contributed by atoms with E-state index in [1.54, 1.807) is 19.2 Å². The van der Waals surface area contributed by atoms with Crippen LogP contribution in [0.1, 0.15) is 19.8 Å². The van der Waals surface area contributed by atoms with Gasteiger partial charge in [0.05, 0.1) is 7.11 Å². The van der Waals surface area contributed by atoms with Crippen LogP contribution < -0.4 is 20.1 Å². The second-order valence-corrected chi connectivity index (χ2v) is 5.00. The molecule has 0 aromatic heterocycles. The molecule has 1 amide bonds. The van der Waals surface area contributed by atoms with E-state index >= 15 is 0 Å². The highest BCUT2D eigenvalue weighted by Crippen LogP contribution is 2.25. The minimum atomic E-state index is -0.101. The summed E-state index contributed by atoms with van der Waals surface area (Å²) >= 11 is 0. The van der Waals surface area contributed by atoms with Gasteiger partial charge in [0.15, 0.2) is 18.1 Å². The third-order valence-corrected chi connectivity index (χ3v) is 3.54. The molecule has 1 saturated heterocycles. The lowest BCUT2D eigenvalue weighted by Gasteiger charge is -2.30. The van der Waals surface area contributed by atoms with Crippen LogP contribution in [0.5, 0.6) is 11.5 Å². The topological polar surface area (TPSA) is 59.6 Å². The van der Waals surface area contributed by atoms with E-state index in [0.29, 0.717) is 17.5 Å². The zero-order valence-electron chi connectivity index (χ0n) is 12.4. The van der Waals surface area contributed by atoms with Crippen molar-refractivity contribution in [3.05, 3.63) is 24.3 Å². The molecule has 0 aliphatic carbocycles. The van der Waals surface area contributed by atoms with Gasteiger partial charge in [-0.1, -0.05) is 12.1 Å². The average molecular weight is 315 g/mol. The number of hydrogen-bond donors (Lipinski definition) is 2. The third-order valence-electron chi connectivity index (χ3n) is 3.54. The number of piperidine rings is 1. The molecule has 0 saturated carbocycles. The molecular weight excluding hydrogens is 292 g/mol. The van der Waals surface area contributed by atoms with E-state index in [1.165, 1.54) is 0 Å². The summed E-state index contributed by atoms with van der Waals surface area (Å²) in [6.07, 6.45) is 2.09. The van der Waals surface area contributed by atoms with Crippen molar-refractivity contribution in [2.24, 2.45) is 0 Å². The van der Waals surface area contributed by atoms with E-state index < -0.39 is 0 Å². The minimum Gasteiger partial charge on any atom is -0.493 e. The fourth-order valence-corrected chi connectivity index (χ4v) is 2.37. The van der Waals surface area contributed by atoms with Crippen LogP contribution in [-0.2, 0) is 4.79 Å². The summed E-state index contributed by atoms with van der Waals surface area (Å²) < 4.78 is 10.7. The first kappa shape index (κ1) is 17.6. The molecule has 0 spiro atoms. The zero-order chi connectivity index (χ0) is 14.4. The first-order valence-electron chi connectivity index (χ1n) is 6.99. The molecule has 0 bridgehead atoms. The number of nitrogens with one attached hydrogen (secondary N) is 2. The molecule has 21 heavy (non-hydrogen) atoms. The molecule has 0 radical (unpaired) electrons. The summed E-state index contributed by atoms with van der Waals surface area (Å²) in [6, 6.07) is 7.79. The monoisotopic (exact) mass is 314 g/mol. The number of para-hydroxylation sites is 2. The number of ether oxygens (including phenoxy) is 2. The van der Waals surface area contributed by atoms with E-state index in [0.717, 1.165) is 19.4 Å². The van der Waals surface area contributed by atoms with Crippen LogP contribution in [0.2, 0.25) is 0 Å². The highest BCUT2D eigenvalue weighted by Gasteiger charge is 2.22. The van der Waals surface area contributed by atoms with Crippen LogP contribution in [0, 0.1) is 0 Å². The van der Waals surface area contributed by atoms with Crippen molar-refractivity contribution >= 4 is 18.3 Å². The molecule has 2 rings (SSSR count). The molecule has 2 N–H and O–H groups in total. The maximum absolute atomic E-state index is 11.9. The largest absolute Gasteiger partial charge is 0.493 e. The number of carbonyl (C=O) groups excluding carboxylic acids is 1. The highest BCUT2D eigenvalue weighted by molar-refractivity contribution is 5.85. The van der Waals surface area contributed by atoms with E-state index in [4.69, 9.17) is 9.47 Å². The van der Waals surface area contributed by atoms with Gasteiger partial charge >= 0.3 is 0 Å². The Kier molecular flexibility index (Phi) is 7.32. The number of rotatable bonds is 5. The smallest absolute Gasteiger partial charge is 0.258 e. The van der Waals surface area contributed by atoms with Gasteiger partial charge in [-0.15, -0.1) is 12.4 Å². The Morgan fingerprint density at radius 1 is 1.38 bits per heavy atom. The number of benzene rings is 1. The Morgan fingerprint density at radius 3 is 2.76 bits per heavy atom. The van der Waals surface area contributed by atoms with E-state index in [-0.39, 0.29) is 31.0 Å². The number of carbonyl (C=O) groups is 1. The van der Waals surface area contributed by atoms with Crippen molar-refractivity contribution in [1.29, 1.82) is 0 Å². The van der Waals surface area contributed by atoms with Gasteiger partial charge in [-0.05, 0) is 38.4 Å². The summed E-state index contributed by atoms with van der Waals surface area (Å²) in [5.74, 6) is 1.12. The Bertz CT molecular complexity index is 456. The lowest BCUT2D eigenvalue weighted by atomic mass is 10.00. The minimum absolute atomic E-state index is 0. The molecule has 1 fully saturated rings. The summed E-state index contributed by atoms with van der Waals surface area (Å²) in [5, 5.41) is 6.36. The quantitative estimate of drug-likeness (QED) is 0.869. The second kappa shape index (κ2) is 8.74. The predicted molar refractivity (Wildman–Crippen MR) is 84.4 cm³/mol. The first-order valence-corrected chi connectivity index (χ1v) is 6.99. The van der Waals surface area contributed by atoms with Crippen LogP contribution >= 0.6 is 12.4 Å². The van der Waals surface area contributed by atoms with Gasteiger partial charge in [0.25, 0.3) is 5.91 Å². The van der Waals surface area contributed by atoms with Crippen LogP contribution in [-0.4, -0.2) is 38.3 Å². The number of halogens is 1. The molecule has 1 aromatic rings. The van der Waals surface area contributed by atoms with Gasteiger partial charge in [-0.25, -0.2) is 0 Å². The normalized spacial score (nSPS) is 21.0. The molecule has 1 aliphatic rings. The average Bonchev–Trinajstić information content (AvgIpc) is 2.48. The second-order valence-electron chi connectivity index (χ2n) is 5.00. The van der Waals surface area contributed by atoms with Crippen LogP contribution in [0.4, 0.5) is 0 Å².